The molecule has 0 spiro atoms. The molecule has 0 bridgehead atoms. The van der Waals surface area contributed by atoms with Crippen molar-refractivity contribution in [3.8, 4) is 0 Å². The lowest BCUT2D eigenvalue weighted by Crippen LogP contribution is -2.23. The Labute approximate surface area is 95.2 Å². The van der Waals surface area contributed by atoms with Gasteiger partial charge in [-0.25, -0.2) is 4.79 Å². The first-order valence-electron chi connectivity index (χ1n) is 5.22. The lowest BCUT2D eigenvalue weighted by Gasteiger charge is -2.22. The van der Waals surface area contributed by atoms with Crippen molar-refractivity contribution in [3.63, 3.8) is 0 Å². The van der Waals surface area contributed by atoms with Crippen molar-refractivity contribution in [2.75, 3.05) is 5.75 Å². The number of hydrogen-bond acceptors (Lipinski definition) is 4. The Hall–Kier alpha value is -0.880. The molecule has 0 unspecified atom stereocenters. The van der Waals surface area contributed by atoms with Crippen LogP contribution in [0.3, 0.4) is 0 Å². The highest BCUT2D eigenvalue weighted by molar-refractivity contribution is 7.86. The van der Waals surface area contributed by atoms with E-state index in [0.717, 1.165) is 32.1 Å². The predicted octanol–water partition coefficient (Wildman–Crippen LogP) is 1.31. The summed E-state index contributed by atoms with van der Waals surface area (Å²) < 4.78 is 34.7. The zero-order valence-electron chi connectivity index (χ0n) is 9.02. The molecule has 0 heterocycles. The summed E-state index contributed by atoms with van der Waals surface area (Å²) >= 11 is 0. The second-order valence-corrected chi connectivity index (χ2v) is 5.45. The maximum Gasteiger partial charge on any atom is 0.334 e. The van der Waals surface area contributed by atoms with Crippen LogP contribution in [0.25, 0.3) is 0 Å². The molecular formula is C10H16O5S. The molecule has 1 rings (SSSR count). The zero-order valence-corrected chi connectivity index (χ0v) is 9.83. The van der Waals surface area contributed by atoms with E-state index in [1.165, 1.54) is 0 Å². The Balaban J connectivity index is 2.42. The molecule has 0 aromatic carbocycles. The second-order valence-electron chi connectivity index (χ2n) is 4.00. The summed E-state index contributed by atoms with van der Waals surface area (Å²) in [5, 5.41) is 0. The van der Waals surface area contributed by atoms with Gasteiger partial charge in [0.2, 0.25) is 0 Å². The van der Waals surface area contributed by atoms with Crippen LogP contribution in [0.4, 0.5) is 0 Å². The number of hydrogen-bond donors (Lipinski definition) is 1. The monoisotopic (exact) mass is 248 g/mol. The van der Waals surface area contributed by atoms with E-state index in [-0.39, 0.29) is 11.7 Å². The summed E-state index contributed by atoms with van der Waals surface area (Å²) in [6.07, 6.45) is 4.65. The molecule has 0 aromatic heterocycles. The van der Waals surface area contributed by atoms with Gasteiger partial charge in [-0.2, -0.15) is 8.42 Å². The van der Waals surface area contributed by atoms with E-state index in [1.54, 1.807) is 0 Å². The molecule has 0 aromatic rings. The van der Waals surface area contributed by atoms with Crippen molar-refractivity contribution in [1.82, 2.24) is 0 Å². The van der Waals surface area contributed by atoms with Gasteiger partial charge in [0.05, 0.1) is 0 Å². The first-order valence-corrected chi connectivity index (χ1v) is 6.83. The van der Waals surface area contributed by atoms with Crippen LogP contribution in [0.5, 0.6) is 0 Å². The summed E-state index contributed by atoms with van der Waals surface area (Å²) in [4.78, 5) is 11.4. The number of rotatable bonds is 4. The highest BCUT2D eigenvalue weighted by Gasteiger charge is 2.21. The normalized spacial score (nSPS) is 18.1. The second kappa shape index (κ2) is 5.45. The Morgan fingerprint density at radius 2 is 1.88 bits per heavy atom. The molecule has 92 valence electrons. The standard InChI is InChI=1S/C10H16O5S/c1-8(7-16(12,13)14)10(11)15-9-5-3-2-4-6-9/h9H,1-7H2,(H,12,13,14). The van der Waals surface area contributed by atoms with Crippen LogP contribution in [0.15, 0.2) is 12.2 Å². The van der Waals surface area contributed by atoms with Crippen molar-refractivity contribution >= 4 is 16.1 Å². The van der Waals surface area contributed by atoms with Crippen LogP contribution in [0.2, 0.25) is 0 Å². The van der Waals surface area contributed by atoms with E-state index >= 15 is 0 Å². The summed E-state index contributed by atoms with van der Waals surface area (Å²) in [7, 11) is -4.21. The van der Waals surface area contributed by atoms with Crippen molar-refractivity contribution in [2.45, 2.75) is 38.2 Å². The average molecular weight is 248 g/mol. The fourth-order valence-electron chi connectivity index (χ4n) is 1.70. The van der Waals surface area contributed by atoms with Gasteiger partial charge in [-0.15, -0.1) is 0 Å². The maximum atomic E-state index is 11.4. The van der Waals surface area contributed by atoms with Crippen molar-refractivity contribution < 1.29 is 22.5 Å². The highest BCUT2D eigenvalue weighted by atomic mass is 32.2. The molecule has 0 amide bonds. The number of carbonyl (C=O) groups excluding carboxylic acids is 1. The SMILES string of the molecule is C=C(CS(=O)(=O)O)C(=O)OC1CCCCC1. The van der Waals surface area contributed by atoms with Gasteiger partial charge < -0.3 is 4.74 Å². The Morgan fingerprint density at radius 1 is 1.31 bits per heavy atom. The molecule has 6 heteroatoms. The van der Waals surface area contributed by atoms with Crippen LogP contribution in [-0.2, 0) is 19.6 Å². The van der Waals surface area contributed by atoms with Crippen molar-refractivity contribution in [2.24, 2.45) is 0 Å². The first kappa shape index (κ1) is 13.2. The molecule has 1 aliphatic carbocycles. The van der Waals surface area contributed by atoms with Gasteiger partial charge in [-0.1, -0.05) is 13.0 Å². The Kier molecular flexibility index (Phi) is 4.49. The lowest BCUT2D eigenvalue weighted by molar-refractivity contribution is -0.145. The van der Waals surface area contributed by atoms with Gasteiger partial charge in [0.25, 0.3) is 10.1 Å². The smallest absolute Gasteiger partial charge is 0.334 e. The zero-order chi connectivity index (χ0) is 12.2. The van der Waals surface area contributed by atoms with Gasteiger partial charge in [0.1, 0.15) is 11.9 Å². The number of esters is 1. The minimum Gasteiger partial charge on any atom is -0.459 e. The molecule has 1 fully saturated rings. The van der Waals surface area contributed by atoms with E-state index < -0.39 is 21.8 Å². The quantitative estimate of drug-likeness (QED) is 0.461. The van der Waals surface area contributed by atoms with Crippen LogP contribution in [0.1, 0.15) is 32.1 Å². The van der Waals surface area contributed by atoms with Crippen LogP contribution >= 0.6 is 0 Å². The third kappa shape index (κ3) is 4.76. The fourth-order valence-corrected chi connectivity index (χ4v) is 2.25. The van der Waals surface area contributed by atoms with E-state index in [4.69, 9.17) is 9.29 Å². The van der Waals surface area contributed by atoms with E-state index in [9.17, 15) is 13.2 Å². The molecule has 1 N–H and O–H groups in total. The number of carbonyl (C=O) groups is 1. The van der Waals surface area contributed by atoms with E-state index in [1.807, 2.05) is 0 Å². The summed E-state index contributed by atoms with van der Waals surface area (Å²) in [6.45, 7) is 3.29. The van der Waals surface area contributed by atoms with Gasteiger partial charge in [-0.05, 0) is 25.7 Å². The minimum absolute atomic E-state index is 0.139. The Bertz CT molecular complexity index is 365. The van der Waals surface area contributed by atoms with Gasteiger partial charge in [0, 0.05) is 5.57 Å². The van der Waals surface area contributed by atoms with Crippen LogP contribution in [0, 0.1) is 0 Å². The largest absolute Gasteiger partial charge is 0.459 e. The third-order valence-electron chi connectivity index (χ3n) is 2.47. The molecule has 5 nitrogen and oxygen atoms in total. The molecule has 1 aliphatic rings. The minimum atomic E-state index is -4.21. The van der Waals surface area contributed by atoms with Gasteiger partial charge >= 0.3 is 5.97 Å². The fraction of sp³-hybridized carbons (Fsp3) is 0.700. The molecule has 0 atom stereocenters. The third-order valence-corrected chi connectivity index (χ3v) is 3.18. The molecule has 0 saturated heterocycles. The topological polar surface area (TPSA) is 80.7 Å². The molecule has 0 aliphatic heterocycles. The molecule has 0 radical (unpaired) electrons. The van der Waals surface area contributed by atoms with E-state index in [2.05, 4.69) is 6.58 Å². The summed E-state index contributed by atoms with van der Waals surface area (Å²) in [5.74, 6) is -1.50. The summed E-state index contributed by atoms with van der Waals surface area (Å²) in [6, 6.07) is 0. The number of ether oxygens (including phenoxy) is 1. The molecule has 16 heavy (non-hydrogen) atoms. The van der Waals surface area contributed by atoms with Crippen molar-refractivity contribution in [3.05, 3.63) is 12.2 Å². The lowest BCUT2D eigenvalue weighted by atomic mass is 9.98. The van der Waals surface area contributed by atoms with Gasteiger partial charge in [0.15, 0.2) is 0 Å². The summed E-state index contributed by atoms with van der Waals surface area (Å²) in [5.41, 5.74) is -0.229. The predicted molar refractivity (Wildman–Crippen MR) is 58.5 cm³/mol. The van der Waals surface area contributed by atoms with Crippen LogP contribution < -0.4 is 0 Å². The average Bonchev–Trinajstić information content (AvgIpc) is 2.16. The van der Waals surface area contributed by atoms with Crippen molar-refractivity contribution in [1.29, 1.82) is 0 Å². The van der Waals surface area contributed by atoms with Crippen LogP contribution in [-0.4, -0.2) is 30.8 Å². The highest BCUT2D eigenvalue weighted by Crippen LogP contribution is 2.21. The molecular weight excluding hydrogens is 232 g/mol. The molecule has 1 saturated carbocycles. The maximum absolute atomic E-state index is 11.4. The Morgan fingerprint density at radius 3 is 2.38 bits per heavy atom. The van der Waals surface area contributed by atoms with E-state index in [0.29, 0.717) is 0 Å². The van der Waals surface area contributed by atoms with Gasteiger partial charge in [-0.3, -0.25) is 4.55 Å². The first-order chi connectivity index (χ1) is 7.38.